The van der Waals surface area contributed by atoms with Crippen LogP contribution in [0.1, 0.15) is 58.5 Å². The maximum Gasteiger partial charge on any atom is 0.189 e. The maximum absolute atomic E-state index is 12.2. The second-order valence-corrected chi connectivity index (χ2v) is 4.90. The lowest BCUT2D eigenvalue weighted by atomic mass is 9.81. The fraction of sp³-hybridized carbons (Fsp3) is 0.333. The summed E-state index contributed by atoms with van der Waals surface area (Å²) in [6.07, 6.45) is 1.45. The Morgan fingerprint density at radius 1 is 1.00 bits per heavy atom. The number of benzene rings is 1. The summed E-state index contributed by atoms with van der Waals surface area (Å²) in [5, 5.41) is 0. The molecule has 0 atom stereocenters. The zero-order valence-corrected chi connectivity index (χ0v) is 10.6. The maximum atomic E-state index is 12.2. The Kier molecular flexibility index (Phi) is 2.74. The lowest BCUT2D eigenvalue weighted by Crippen LogP contribution is -2.19. The topological polar surface area (TPSA) is 34.1 Å². The van der Waals surface area contributed by atoms with Crippen LogP contribution < -0.4 is 0 Å². The number of Topliss-reactive ketones (excluding diaryl/α,β-unsaturated/α-hetero) is 1. The van der Waals surface area contributed by atoms with Gasteiger partial charge in [0.05, 0.1) is 0 Å². The molecule has 0 amide bonds. The second-order valence-electron chi connectivity index (χ2n) is 4.90. The van der Waals surface area contributed by atoms with Crippen molar-refractivity contribution in [3.05, 3.63) is 46.0 Å². The third kappa shape index (κ3) is 1.74. The number of hydrogen-bond donors (Lipinski definition) is 0. The van der Waals surface area contributed by atoms with Gasteiger partial charge in [-0.05, 0) is 37.0 Å². The van der Waals surface area contributed by atoms with E-state index in [0.29, 0.717) is 16.7 Å². The molecule has 2 nitrogen and oxygen atoms in total. The van der Waals surface area contributed by atoms with Crippen LogP contribution in [-0.2, 0) is 0 Å². The fourth-order valence-corrected chi connectivity index (χ4v) is 2.30. The quantitative estimate of drug-likeness (QED) is 0.737. The molecule has 1 aromatic rings. The number of aryl methyl sites for hydroxylation is 1. The van der Waals surface area contributed by atoms with E-state index >= 15 is 0 Å². The van der Waals surface area contributed by atoms with Crippen LogP contribution >= 0.6 is 0 Å². The van der Waals surface area contributed by atoms with Gasteiger partial charge in [0, 0.05) is 16.7 Å². The molecular formula is C15H16O2. The Balaban J connectivity index is 2.81. The van der Waals surface area contributed by atoms with Crippen LogP contribution in [0, 0.1) is 6.92 Å². The van der Waals surface area contributed by atoms with E-state index in [9.17, 15) is 9.59 Å². The van der Waals surface area contributed by atoms with Gasteiger partial charge in [-0.2, -0.15) is 0 Å². The molecule has 0 saturated carbocycles. The van der Waals surface area contributed by atoms with Crippen LogP contribution in [0.4, 0.5) is 0 Å². The second kappa shape index (κ2) is 3.95. The van der Waals surface area contributed by atoms with E-state index in [0.717, 1.165) is 11.1 Å². The van der Waals surface area contributed by atoms with Crippen LogP contribution in [0.15, 0.2) is 23.8 Å². The van der Waals surface area contributed by atoms with Crippen molar-refractivity contribution in [3.8, 4) is 0 Å². The van der Waals surface area contributed by atoms with Crippen molar-refractivity contribution in [1.29, 1.82) is 0 Å². The van der Waals surface area contributed by atoms with Crippen LogP contribution in [0.3, 0.4) is 0 Å². The van der Waals surface area contributed by atoms with E-state index in [1.807, 2.05) is 32.9 Å². The molecule has 0 saturated heterocycles. The summed E-state index contributed by atoms with van der Waals surface area (Å²) in [6, 6.07) is 3.89. The monoisotopic (exact) mass is 228 g/mol. The lowest BCUT2D eigenvalue weighted by molar-refractivity contribution is 0.0983. The van der Waals surface area contributed by atoms with Crippen molar-refractivity contribution in [2.45, 2.75) is 33.6 Å². The molecule has 88 valence electrons. The average molecular weight is 228 g/mol. The summed E-state index contributed by atoms with van der Waals surface area (Å²) in [5.74, 6) is 0.191. The Hall–Kier alpha value is -1.70. The minimum absolute atomic E-state index is 0.00741. The zero-order chi connectivity index (χ0) is 12.7. The van der Waals surface area contributed by atoms with E-state index < -0.39 is 0 Å². The summed E-state index contributed by atoms with van der Waals surface area (Å²) in [6.45, 7) is 7.66. The van der Waals surface area contributed by atoms with Gasteiger partial charge in [-0.15, -0.1) is 0 Å². The molecule has 0 aromatic heterocycles. The van der Waals surface area contributed by atoms with Gasteiger partial charge in [0.2, 0.25) is 0 Å². The summed E-state index contributed by atoms with van der Waals surface area (Å²) >= 11 is 0. The first kappa shape index (κ1) is 11.8. The summed E-state index contributed by atoms with van der Waals surface area (Å²) < 4.78 is 0. The number of ketones is 2. The SMILES string of the molecule is CC1=CC(=O)c2c(C)ccc(C(C)C)c2C1=O. The summed E-state index contributed by atoms with van der Waals surface area (Å²) in [7, 11) is 0. The number of hydrogen-bond acceptors (Lipinski definition) is 2. The molecule has 0 heterocycles. The van der Waals surface area contributed by atoms with Crippen LogP contribution in [-0.4, -0.2) is 11.6 Å². The van der Waals surface area contributed by atoms with Crippen molar-refractivity contribution < 1.29 is 9.59 Å². The van der Waals surface area contributed by atoms with Gasteiger partial charge >= 0.3 is 0 Å². The highest BCUT2D eigenvalue weighted by Crippen LogP contribution is 2.31. The highest BCUT2D eigenvalue weighted by Gasteiger charge is 2.28. The number of allylic oxidation sites excluding steroid dienone is 2. The van der Waals surface area contributed by atoms with Gasteiger partial charge in [0.15, 0.2) is 11.6 Å². The molecule has 2 heteroatoms. The predicted octanol–water partition coefficient (Wildman–Crippen LogP) is 3.44. The molecule has 0 bridgehead atoms. The van der Waals surface area contributed by atoms with Gasteiger partial charge in [0.25, 0.3) is 0 Å². The Labute approximate surface area is 101 Å². The Morgan fingerprint density at radius 2 is 1.65 bits per heavy atom. The van der Waals surface area contributed by atoms with Gasteiger partial charge in [-0.25, -0.2) is 0 Å². The third-order valence-electron chi connectivity index (χ3n) is 3.25. The molecule has 0 fully saturated rings. The van der Waals surface area contributed by atoms with Gasteiger partial charge in [0.1, 0.15) is 0 Å². The molecule has 17 heavy (non-hydrogen) atoms. The minimum Gasteiger partial charge on any atom is -0.289 e. The van der Waals surface area contributed by atoms with Gasteiger partial charge in [-0.1, -0.05) is 26.0 Å². The molecule has 0 unspecified atom stereocenters. The van der Waals surface area contributed by atoms with Crippen molar-refractivity contribution in [2.75, 3.05) is 0 Å². The molecule has 1 aromatic carbocycles. The van der Waals surface area contributed by atoms with Crippen molar-refractivity contribution in [2.24, 2.45) is 0 Å². The molecule has 2 rings (SSSR count). The largest absolute Gasteiger partial charge is 0.289 e. The van der Waals surface area contributed by atoms with E-state index in [1.54, 1.807) is 6.92 Å². The van der Waals surface area contributed by atoms with E-state index in [-0.39, 0.29) is 17.5 Å². The molecular weight excluding hydrogens is 212 g/mol. The summed E-state index contributed by atoms with van der Waals surface area (Å²) in [5.41, 5.74) is 3.59. The number of carbonyl (C=O) groups excluding carboxylic acids is 2. The number of rotatable bonds is 1. The van der Waals surface area contributed by atoms with E-state index in [4.69, 9.17) is 0 Å². The van der Waals surface area contributed by atoms with Crippen LogP contribution in [0.2, 0.25) is 0 Å². The standard InChI is InChI=1S/C15H16O2/c1-8(2)11-6-5-9(3)13-12(16)7-10(4)15(17)14(11)13/h5-8H,1-4H3. The summed E-state index contributed by atoms with van der Waals surface area (Å²) in [4.78, 5) is 24.2. The fourth-order valence-electron chi connectivity index (χ4n) is 2.30. The first-order valence-electron chi connectivity index (χ1n) is 5.84. The highest BCUT2D eigenvalue weighted by molar-refractivity contribution is 6.25. The Morgan fingerprint density at radius 3 is 2.24 bits per heavy atom. The highest BCUT2D eigenvalue weighted by atomic mass is 16.1. The van der Waals surface area contributed by atoms with Crippen molar-refractivity contribution in [3.63, 3.8) is 0 Å². The molecule has 1 aliphatic carbocycles. The van der Waals surface area contributed by atoms with Gasteiger partial charge < -0.3 is 0 Å². The van der Waals surface area contributed by atoms with Crippen LogP contribution in [0.5, 0.6) is 0 Å². The Bertz CT molecular complexity index is 548. The minimum atomic E-state index is -0.0444. The lowest BCUT2D eigenvalue weighted by Gasteiger charge is -2.20. The molecule has 0 spiro atoms. The zero-order valence-electron chi connectivity index (χ0n) is 10.6. The smallest absolute Gasteiger partial charge is 0.189 e. The number of fused-ring (bicyclic) bond motifs is 1. The first-order valence-corrected chi connectivity index (χ1v) is 5.84. The predicted molar refractivity (Wildman–Crippen MR) is 67.7 cm³/mol. The molecule has 0 N–H and O–H groups in total. The first-order chi connectivity index (χ1) is 7.93. The van der Waals surface area contributed by atoms with E-state index in [2.05, 4.69) is 0 Å². The molecule has 0 radical (unpaired) electrons. The molecule has 0 aliphatic heterocycles. The van der Waals surface area contributed by atoms with Crippen molar-refractivity contribution >= 4 is 11.6 Å². The van der Waals surface area contributed by atoms with Crippen molar-refractivity contribution in [1.82, 2.24) is 0 Å². The van der Waals surface area contributed by atoms with E-state index in [1.165, 1.54) is 6.08 Å². The average Bonchev–Trinajstić information content (AvgIpc) is 2.25. The number of carbonyl (C=O) groups is 2. The van der Waals surface area contributed by atoms with Crippen LogP contribution in [0.25, 0.3) is 0 Å². The normalized spacial score (nSPS) is 15.0. The molecule has 1 aliphatic rings. The van der Waals surface area contributed by atoms with Gasteiger partial charge in [-0.3, -0.25) is 9.59 Å². The third-order valence-corrected chi connectivity index (χ3v) is 3.25.